The van der Waals surface area contributed by atoms with Gasteiger partial charge >= 0.3 is 0 Å². The fourth-order valence-electron chi connectivity index (χ4n) is 3.54. The van der Waals surface area contributed by atoms with Crippen molar-refractivity contribution in [3.05, 3.63) is 59.5 Å². The van der Waals surface area contributed by atoms with Gasteiger partial charge in [0.2, 0.25) is 0 Å². The van der Waals surface area contributed by atoms with Crippen molar-refractivity contribution in [1.29, 1.82) is 0 Å². The standard InChI is InChI=1S/C18H17NO3/c1-19-16-6-7-17(19)15(11-13-5-3-9-22-13)18(20)14(16)10-12-4-2-8-21-12/h2-5,8-11,16-17H,6-7H2,1H3/b14-10-,15-11+/t16-,17-/m0/s1. The summed E-state index contributed by atoms with van der Waals surface area (Å²) in [5.74, 6) is 1.55. The van der Waals surface area contributed by atoms with Crippen molar-refractivity contribution in [1.82, 2.24) is 4.90 Å². The second-order valence-corrected chi connectivity index (χ2v) is 5.83. The van der Waals surface area contributed by atoms with Gasteiger partial charge in [-0.25, -0.2) is 0 Å². The van der Waals surface area contributed by atoms with Gasteiger partial charge in [0.1, 0.15) is 11.5 Å². The number of carbonyl (C=O) groups excluding carboxylic acids is 1. The second-order valence-electron chi connectivity index (χ2n) is 5.83. The van der Waals surface area contributed by atoms with E-state index in [1.807, 2.05) is 36.4 Å². The summed E-state index contributed by atoms with van der Waals surface area (Å²) in [7, 11) is 2.08. The first-order chi connectivity index (χ1) is 10.7. The van der Waals surface area contributed by atoms with Crippen LogP contribution in [-0.4, -0.2) is 29.8 Å². The molecule has 0 amide bonds. The van der Waals surface area contributed by atoms with Gasteiger partial charge in [0.05, 0.1) is 12.5 Å². The predicted octanol–water partition coefficient (Wildman–Crippen LogP) is 3.39. The summed E-state index contributed by atoms with van der Waals surface area (Å²) in [5.41, 5.74) is 1.62. The molecule has 2 aliphatic rings. The Labute approximate surface area is 128 Å². The third kappa shape index (κ3) is 2.07. The van der Waals surface area contributed by atoms with Gasteiger partial charge in [-0.05, 0) is 56.3 Å². The highest BCUT2D eigenvalue weighted by Gasteiger charge is 2.44. The number of fused-ring (bicyclic) bond motifs is 2. The predicted molar refractivity (Wildman–Crippen MR) is 83.0 cm³/mol. The molecular formula is C18H17NO3. The number of nitrogens with zero attached hydrogens (tertiary/aromatic N) is 1. The van der Waals surface area contributed by atoms with E-state index in [9.17, 15) is 4.79 Å². The van der Waals surface area contributed by atoms with Gasteiger partial charge in [0.15, 0.2) is 5.78 Å². The molecule has 2 bridgehead atoms. The molecule has 2 aliphatic heterocycles. The van der Waals surface area contributed by atoms with E-state index in [0.29, 0.717) is 0 Å². The molecule has 0 radical (unpaired) electrons. The summed E-state index contributed by atoms with van der Waals surface area (Å²) in [6.45, 7) is 0. The van der Waals surface area contributed by atoms with Crippen LogP contribution in [0.1, 0.15) is 24.4 Å². The van der Waals surface area contributed by atoms with Crippen LogP contribution in [0.25, 0.3) is 12.2 Å². The Kier molecular flexibility index (Phi) is 3.12. The molecule has 22 heavy (non-hydrogen) atoms. The minimum absolute atomic E-state index is 0.110. The van der Waals surface area contributed by atoms with Gasteiger partial charge in [-0.15, -0.1) is 0 Å². The molecule has 4 heterocycles. The molecule has 2 aromatic rings. The van der Waals surface area contributed by atoms with E-state index >= 15 is 0 Å². The molecule has 0 unspecified atom stereocenters. The maximum Gasteiger partial charge on any atom is 0.188 e. The Morgan fingerprint density at radius 2 is 1.50 bits per heavy atom. The maximum atomic E-state index is 12.9. The topological polar surface area (TPSA) is 46.6 Å². The normalized spacial score (nSPS) is 28.9. The van der Waals surface area contributed by atoms with Gasteiger partial charge in [-0.1, -0.05) is 0 Å². The quantitative estimate of drug-likeness (QED) is 0.797. The summed E-state index contributed by atoms with van der Waals surface area (Å²) in [6, 6.07) is 7.77. The fraction of sp³-hybridized carbons (Fsp3) is 0.278. The van der Waals surface area contributed by atoms with Gasteiger partial charge in [-0.2, -0.15) is 0 Å². The lowest BCUT2D eigenvalue weighted by atomic mass is 9.90. The number of furan rings is 2. The van der Waals surface area contributed by atoms with Gasteiger partial charge < -0.3 is 8.83 Å². The highest BCUT2D eigenvalue weighted by Crippen LogP contribution is 2.40. The zero-order valence-electron chi connectivity index (χ0n) is 12.4. The van der Waals surface area contributed by atoms with Gasteiger partial charge in [0.25, 0.3) is 0 Å². The summed E-state index contributed by atoms with van der Waals surface area (Å²) in [5, 5.41) is 0. The van der Waals surface area contributed by atoms with E-state index in [1.54, 1.807) is 12.5 Å². The molecule has 2 aromatic heterocycles. The van der Waals surface area contributed by atoms with Crippen molar-refractivity contribution in [2.24, 2.45) is 0 Å². The number of Topliss-reactive ketones (excluding diaryl/α,β-unsaturated/α-hetero) is 1. The molecule has 0 saturated carbocycles. The molecule has 4 rings (SSSR count). The zero-order chi connectivity index (χ0) is 15.1. The molecule has 2 saturated heterocycles. The number of likely N-dealkylation sites (N-methyl/N-ethyl adjacent to an activating group) is 1. The Morgan fingerprint density at radius 1 is 1.00 bits per heavy atom. The minimum Gasteiger partial charge on any atom is -0.465 e. The molecule has 0 spiro atoms. The van der Waals surface area contributed by atoms with Crippen LogP contribution in [0.2, 0.25) is 0 Å². The molecule has 112 valence electrons. The largest absolute Gasteiger partial charge is 0.465 e. The first kappa shape index (κ1) is 13.3. The highest BCUT2D eigenvalue weighted by molar-refractivity contribution is 6.15. The van der Waals surface area contributed by atoms with Crippen LogP contribution in [0.3, 0.4) is 0 Å². The SMILES string of the molecule is CN1[C@H]2CC[C@H]1/C(=C\c1ccco1)C(=O)/C2=C\c1ccco1. The van der Waals surface area contributed by atoms with Crippen molar-refractivity contribution in [2.45, 2.75) is 24.9 Å². The average molecular weight is 295 g/mol. The molecule has 4 heteroatoms. The number of hydrogen-bond acceptors (Lipinski definition) is 4. The first-order valence-electron chi connectivity index (χ1n) is 7.51. The van der Waals surface area contributed by atoms with Gasteiger partial charge in [-0.3, -0.25) is 9.69 Å². The van der Waals surface area contributed by atoms with Crippen molar-refractivity contribution >= 4 is 17.9 Å². The number of hydrogen-bond donors (Lipinski definition) is 0. The van der Waals surface area contributed by atoms with Crippen molar-refractivity contribution in [3.8, 4) is 0 Å². The molecule has 2 fully saturated rings. The number of ketones is 1. The summed E-state index contributed by atoms with van der Waals surface area (Å²) in [4.78, 5) is 15.2. The Balaban J connectivity index is 1.79. The minimum atomic E-state index is 0.110. The summed E-state index contributed by atoms with van der Waals surface area (Å²) < 4.78 is 10.8. The van der Waals surface area contributed by atoms with E-state index in [-0.39, 0.29) is 17.9 Å². The van der Waals surface area contributed by atoms with Crippen molar-refractivity contribution in [3.63, 3.8) is 0 Å². The van der Waals surface area contributed by atoms with E-state index in [0.717, 1.165) is 35.5 Å². The molecule has 0 aromatic carbocycles. The Bertz CT molecular complexity index is 675. The lowest BCUT2D eigenvalue weighted by molar-refractivity contribution is -0.114. The summed E-state index contributed by atoms with van der Waals surface area (Å²) >= 11 is 0. The van der Waals surface area contributed by atoms with E-state index < -0.39 is 0 Å². The van der Waals surface area contributed by atoms with Crippen LogP contribution in [0, 0.1) is 0 Å². The number of piperidine rings is 1. The fourth-order valence-corrected chi connectivity index (χ4v) is 3.54. The molecular weight excluding hydrogens is 278 g/mol. The van der Waals surface area contributed by atoms with E-state index in [4.69, 9.17) is 8.83 Å². The average Bonchev–Trinajstić information content (AvgIpc) is 3.22. The van der Waals surface area contributed by atoms with E-state index in [2.05, 4.69) is 11.9 Å². The number of carbonyl (C=O) groups is 1. The smallest absolute Gasteiger partial charge is 0.188 e. The lowest BCUT2D eigenvalue weighted by Crippen LogP contribution is -2.43. The molecule has 4 nitrogen and oxygen atoms in total. The van der Waals surface area contributed by atoms with Crippen molar-refractivity contribution < 1.29 is 13.6 Å². The highest BCUT2D eigenvalue weighted by atomic mass is 16.3. The van der Waals surface area contributed by atoms with Crippen LogP contribution in [-0.2, 0) is 4.79 Å². The Hall–Kier alpha value is -2.33. The van der Waals surface area contributed by atoms with Crippen LogP contribution in [0.15, 0.2) is 56.8 Å². The lowest BCUT2D eigenvalue weighted by Gasteiger charge is -2.34. The van der Waals surface area contributed by atoms with Crippen LogP contribution in [0.5, 0.6) is 0 Å². The monoisotopic (exact) mass is 295 g/mol. The summed E-state index contributed by atoms with van der Waals surface area (Å²) in [6.07, 6.45) is 8.99. The molecule has 2 atom stereocenters. The third-order valence-electron chi connectivity index (χ3n) is 4.62. The third-order valence-corrected chi connectivity index (χ3v) is 4.62. The molecule has 0 aliphatic carbocycles. The second kappa shape index (κ2) is 5.14. The van der Waals surface area contributed by atoms with Crippen LogP contribution < -0.4 is 0 Å². The maximum absolute atomic E-state index is 12.9. The zero-order valence-corrected chi connectivity index (χ0v) is 12.4. The van der Waals surface area contributed by atoms with E-state index in [1.165, 1.54) is 0 Å². The number of rotatable bonds is 2. The Morgan fingerprint density at radius 3 is 1.91 bits per heavy atom. The van der Waals surface area contributed by atoms with Crippen LogP contribution >= 0.6 is 0 Å². The first-order valence-corrected chi connectivity index (χ1v) is 7.51. The van der Waals surface area contributed by atoms with Crippen LogP contribution in [0.4, 0.5) is 0 Å². The van der Waals surface area contributed by atoms with Crippen molar-refractivity contribution in [2.75, 3.05) is 7.05 Å². The van der Waals surface area contributed by atoms with Gasteiger partial charge in [0, 0.05) is 23.2 Å². The molecule has 0 N–H and O–H groups in total.